The Morgan fingerprint density at radius 2 is 1.87 bits per heavy atom. The van der Waals surface area contributed by atoms with Crippen molar-refractivity contribution in [1.82, 2.24) is 39.6 Å². The van der Waals surface area contributed by atoms with Crippen LogP contribution in [-0.4, -0.2) is 34.3 Å². The number of aromatic nitrogens is 7. The normalized spacial score (nSPS) is 14.7. The summed E-state index contributed by atoms with van der Waals surface area (Å²) in [4.78, 5) is 18.3. The van der Waals surface area contributed by atoms with Crippen molar-refractivity contribution in [3.8, 4) is 22.9 Å². The number of benzene rings is 1. The second kappa shape index (κ2) is 9.20. The number of rotatable bonds is 6. The standard InChI is InChI=1S/C29H25N9/c30-27-23(3-1-12-32-27)28-35-25-8-9-26(37-16-2-13-34-37)36-29(25)38(28)21-5-6-22-20(17-21)4-7-24(22)33-18-19-10-14-31-15-11-19/h1-3,5-6,8-17,24,33H,4,7,18H2,(H2,30,32). The van der Waals surface area contributed by atoms with Gasteiger partial charge in [0.2, 0.25) is 0 Å². The van der Waals surface area contributed by atoms with Gasteiger partial charge in [-0.3, -0.25) is 9.55 Å². The van der Waals surface area contributed by atoms with E-state index in [9.17, 15) is 0 Å². The van der Waals surface area contributed by atoms with Crippen molar-refractivity contribution >= 4 is 17.0 Å². The van der Waals surface area contributed by atoms with Crippen LogP contribution in [0.4, 0.5) is 5.82 Å². The van der Waals surface area contributed by atoms with E-state index in [2.05, 4.69) is 43.1 Å². The Labute approximate surface area is 219 Å². The zero-order valence-electron chi connectivity index (χ0n) is 20.6. The van der Waals surface area contributed by atoms with Crippen molar-refractivity contribution < 1.29 is 0 Å². The van der Waals surface area contributed by atoms with Crippen molar-refractivity contribution in [2.24, 2.45) is 0 Å². The summed E-state index contributed by atoms with van der Waals surface area (Å²) >= 11 is 0. The maximum atomic E-state index is 6.31. The first-order valence-corrected chi connectivity index (χ1v) is 12.6. The molecule has 38 heavy (non-hydrogen) atoms. The number of hydrogen-bond donors (Lipinski definition) is 2. The molecule has 0 saturated carbocycles. The van der Waals surface area contributed by atoms with Crippen LogP contribution in [0.5, 0.6) is 0 Å². The van der Waals surface area contributed by atoms with Crippen LogP contribution >= 0.6 is 0 Å². The van der Waals surface area contributed by atoms with E-state index in [0.717, 1.165) is 47.6 Å². The summed E-state index contributed by atoms with van der Waals surface area (Å²) in [6, 6.07) is 20.6. The minimum absolute atomic E-state index is 0.310. The lowest BCUT2D eigenvalue weighted by atomic mass is 10.1. The molecule has 5 heterocycles. The van der Waals surface area contributed by atoms with E-state index in [4.69, 9.17) is 15.7 Å². The second-order valence-corrected chi connectivity index (χ2v) is 9.38. The first-order chi connectivity index (χ1) is 18.7. The van der Waals surface area contributed by atoms with E-state index < -0.39 is 0 Å². The number of nitrogens with two attached hydrogens (primary N) is 1. The van der Waals surface area contributed by atoms with Crippen molar-refractivity contribution in [3.63, 3.8) is 0 Å². The number of imidazole rings is 1. The van der Waals surface area contributed by atoms with Crippen LogP contribution in [0.2, 0.25) is 0 Å². The summed E-state index contributed by atoms with van der Waals surface area (Å²) in [6.07, 6.45) is 11.0. The Morgan fingerprint density at radius 3 is 2.71 bits per heavy atom. The largest absolute Gasteiger partial charge is 0.383 e. The number of nitrogens with one attached hydrogen (secondary N) is 1. The Kier molecular flexibility index (Phi) is 5.41. The number of nitrogens with zero attached hydrogens (tertiary/aromatic N) is 7. The molecular formula is C29H25N9. The predicted molar refractivity (Wildman–Crippen MR) is 146 cm³/mol. The van der Waals surface area contributed by atoms with Crippen LogP contribution in [0.15, 0.2) is 91.6 Å². The molecule has 0 fully saturated rings. The van der Waals surface area contributed by atoms with Gasteiger partial charge in [-0.15, -0.1) is 0 Å². The first-order valence-electron chi connectivity index (χ1n) is 12.6. The molecule has 0 radical (unpaired) electrons. The quantitative estimate of drug-likeness (QED) is 0.349. The molecule has 0 bridgehead atoms. The summed E-state index contributed by atoms with van der Waals surface area (Å²) in [5, 5.41) is 8.07. The van der Waals surface area contributed by atoms with Gasteiger partial charge in [-0.2, -0.15) is 5.10 Å². The monoisotopic (exact) mass is 499 g/mol. The summed E-state index contributed by atoms with van der Waals surface area (Å²) in [6.45, 7) is 0.811. The Bertz CT molecular complexity index is 1740. The highest BCUT2D eigenvalue weighted by Crippen LogP contribution is 2.36. The van der Waals surface area contributed by atoms with E-state index in [1.807, 2.05) is 61.1 Å². The lowest BCUT2D eigenvalue weighted by Gasteiger charge is -2.16. The molecule has 3 N–H and O–H groups in total. The predicted octanol–water partition coefficient (Wildman–Crippen LogP) is 4.42. The van der Waals surface area contributed by atoms with Gasteiger partial charge in [-0.25, -0.2) is 19.6 Å². The second-order valence-electron chi connectivity index (χ2n) is 9.38. The number of nitrogen functional groups attached to an aromatic ring is 1. The lowest BCUT2D eigenvalue weighted by Crippen LogP contribution is -2.18. The zero-order valence-corrected chi connectivity index (χ0v) is 20.6. The minimum Gasteiger partial charge on any atom is -0.383 e. The molecule has 1 atom stereocenters. The van der Waals surface area contributed by atoms with E-state index >= 15 is 0 Å². The van der Waals surface area contributed by atoms with Gasteiger partial charge in [0.25, 0.3) is 0 Å². The van der Waals surface area contributed by atoms with Gasteiger partial charge < -0.3 is 11.1 Å². The SMILES string of the molecule is Nc1ncccc1-c1nc2ccc(-n3cccn3)nc2n1-c1ccc2c(c1)CCC2NCc1ccncc1. The number of anilines is 1. The fourth-order valence-electron chi connectivity index (χ4n) is 5.21. The summed E-state index contributed by atoms with van der Waals surface area (Å²) in [7, 11) is 0. The van der Waals surface area contributed by atoms with E-state index in [1.54, 1.807) is 17.1 Å². The molecule has 1 aliphatic rings. The number of aryl methyl sites for hydroxylation is 1. The molecule has 6 aromatic rings. The Hall–Kier alpha value is -4.89. The maximum Gasteiger partial charge on any atom is 0.167 e. The van der Waals surface area contributed by atoms with Gasteiger partial charge in [0.15, 0.2) is 17.3 Å². The molecule has 1 unspecified atom stereocenters. The molecule has 7 rings (SSSR count). The van der Waals surface area contributed by atoms with Crippen LogP contribution in [0.25, 0.3) is 34.1 Å². The van der Waals surface area contributed by atoms with Crippen molar-refractivity contribution in [2.75, 3.05) is 5.73 Å². The summed E-state index contributed by atoms with van der Waals surface area (Å²) in [5.74, 6) is 1.86. The molecule has 0 amide bonds. The third-order valence-corrected chi connectivity index (χ3v) is 7.07. The summed E-state index contributed by atoms with van der Waals surface area (Å²) in [5.41, 5.74) is 13.5. The molecule has 0 aliphatic heterocycles. The van der Waals surface area contributed by atoms with Crippen molar-refractivity contribution in [2.45, 2.75) is 25.4 Å². The van der Waals surface area contributed by atoms with Crippen LogP contribution in [0, 0.1) is 0 Å². The van der Waals surface area contributed by atoms with Crippen LogP contribution < -0.4 is 11.1 Å². The highest BCUT2D eigenvalue weighted by molar-refractivity contribution is 5.83. The smallest absolute Gasteiger partial charge is 0.167 e. The molecule has 0 saturated heterocycles. The third-order valence-electron chi connectivity index (χ3n) is 7.07. The van der Waals surface area contributed by atoms with Gasteiger partial charge in [-0.1, -0.05) is 6.07 Å². The van der Waals surface area contributed by atoms with Crippen molar-refractivity contribution in [1.29, 1.82) is 0 Å². The van der Waals surface area contributed by atoms with Gasteiger partial charge >= 0.3 is 0 Å². The minimum atomic E-state index is 0.310. The lowest BCUT2D eigenvalue weighted by molar-refractivity contribution is 0.530. The fraction of sp³-hybridized carbons (Fsp3) is 0.138. The summed E-state index contributed by atoms with van der Waals surface area (Å²) < 4.78 is 3.82. The topological polar surface area (TPSA) is 112 Å². The molecule has 5 aromatic heterocycles. The molecule has 186 valence electrons. The van der Waals surface area contributed by atoms with Crippen LogP contribution in [0.3, 0.4) is 0 Å². The van der Waals surface area contributed by atoms with Crippen LogP contribution in [-0.2, 0) is 13.0 Å². The van der Waals surface area contributed by atoms with E-state index in [0.29, 0.717) is 17.7 Å². The molecular weight excluding hydrogens is 474 g/mol. The first kappa shape index (κ1) is 22.3. The van der Waals surface area contributed by atoms with E-state index in [-0.39, 0.29) is 0 Å². The average Bonchev–Trinajstić information content (AvgIpc) is 3.71. The Morgan fingerprint density at radius 1 is 0.947 bits per heavy atom. The number of fused-ring (bicyclic) bond motifs is 2. The third kappa shape index (κ3) is 3.89. The Balaban J connectivity index is 1.32. The number of pyridine rings is 3. The molecule has 9 heteroatoms. The van der Waals surface area contributed by atoms with Gasteiger partial charge in [0.05, 0.1) is 5.56 Å². The average molecular weight is 500 g/mol. The van der Waals surface area contributed by atoms with Crippen molar-refractivity contribution in [3.05, 3.63) is 108 Å². The maximum absolute atomic E-state index is 6.31. The fourth-order valence-corrected chi connectivity index (χ4v) is 5.21. The molecule has 1 aromatic carbocycles. The highest BCUT2D eigenvalue weighted by atomic mass is 15.3. The zero-order chi connectivity index (χ0) is 25.5. The van der Waals surface area contributed by atoms with Crippen LogP contribution in [0.1, 0.15) is 29.2 Å². The number of hydrogen-bond acceptors (Lipinski definition) is 7. The van der Waals surface area contributed by atoms with Gasteiger partial charge in [0.1, 0.15) is 11.3 Å². The molecule has 0 spiro atoms. The molecule has 9 nitrogen and oxygen atoms in total. The van der Waals surface area contributed by atoms with Gasteiger partial charge in [0, 0.05) is 49.3 Å². The molecule has 1 aliphatic carbocycles. The van der Waals surface area contributed by atoms with Gasteiger partial charge in [-0.05, 0) is 84.1 Å². The van der Waals surface area contributed by atoms with E-state index in [1.165, 1.54) is 16.7 Å². The highest BCUT2D eigenvalue weighted by Gasteiger charge is 2.24.